The lowest BCUT2D eigenvalue weighted by Gasteiger charge is -2.23. The molecule has 0 aliphatic carbocycles. The van der Waals surface area contributed by atoms with Gasteiger partial charge in [-0.1, -0.05) is 35.3 Å². The summed E-state index contributed by atoms with van der Waals surface area (Å²) >= 11 is 12.2. The number of aromatic nitrogens is 3. The Morgan fingerprint density at radius 1 is 1.00 bits per heavy atom. The first-order valence-electron chi connectivity index (χ1n) is 9.74. The molecule has 0 saturated carbocycles. The molecule has 0 bridgehead atoms. The lowest BCUT2D eigenvalue weighted by molar-refractivity contribution is 0.0728. The van der Waals surface area contributed by atoms with Crippen molar-refractivity contribution in [2.24, 2.45) is 0 Å². The first-order chi connectivity index (χ1) is 15.0. The van der Waals surface area contributed by atoms with Crippen LogP contribution in [0.2, 0.25) is 10.0 Å². The number of aryl methyl sites for hydroxylation is 1. The lowest BCUT2D eigenvalue weighted by Crippen LogP contribution is -2.30. The number of halogens is 2. The van der Waals surface area contributed by atoms with E-state index in [0.717, 1.165) is 22.5 Å². The normalized spacial score (nSPS) is 10.8. The van der Waals surface area contributed by atoms with Crippen LogP contribution in [0.5, 0.6) is 0 Å². The number of hydrogen-bond donors (Lipinski definition) is 0. The van der Waals surface area contributed by atoms with Crippen molar-refractivity contribution >= 4 is 29.1 Å². The second-order valence-electron chi connectivity index (χ2n) is 7.24. The molecule has 1 amide bonds. The van der Waals surface area contributed by atoms with Crippen molar-refractivity contribution in [3.8, 4) is 5.69 Å². The highest BCUT2D eigenvalue weighted by molar-refractivity contribution is 6.42. The van der Waals surface area contributed by atoms with Gasteiger partial charge in [0.2, 0.25) is 0 Å². The molecule has 0 unspecified atom stereocenters. The number of hydrogen-bond acceptors (Lipinski definition) is 3. The SMILES string of the molecule is Cc1cnn(-c2ccc(C(=O)N(Cc3ccc(Cl)c(Cl)c3)Cc3ccccn3)cc2)c1. The fraction of sp³-hybridized carbons (Fsp3) is 0.125. The van der Waals surface area contributed by atoms with Crippen LogP contribution in [-0.2, 0) is 13.1 Å². The Bertz CT molecular complexity index is 1190. The molecular weight excluding hydrogens is 431 g/mol. The van der Waals surface area contributed by atoms with E-state index in [9.17, 15) is 4.79 Å². The zero-order valence-electron chi connectivity index (χ0n) is 16.9. The molecule has 0 atom stereocenters. The predicted octanol–water partition coefficient (Wildman–Crippen LogP) is 5.73. The minimum absolute atomic E-state index is 0.0973. The first kappa shape index (κ1) is 21.1. The standard InChI is InChI=1S/C24H20Cl2N4O/c1-17-13-28-30(14-17)21-8-6-19(7-9-21)24(31)29(16-20-4-2-3-11-27-20)15-18-5-10-22(25)23(26)12-18/h2-14H,15-16H2,1H3. The Morgan fingerprint density at radius 3 is 2.45 bits per heavy atom. The van der Waals surface area contributed by atoms with E-state index in [2.05, 4.69) is 10.1 Å². The molecule has 0 radical (unpaired) electrons. The van der Waals surface area contributed by atoms with Crippen molar-refractivity contribution in [3.05, 3.63) is 112 Å². The van der Waals surface area contributed by atoms with E-state index >= 15 is 0 Å². The van der Waals surface area contributed by atoms with Gasteiger partial charge in [-0.05, 0) is 66.6 Å². The predicted molar refractivity (Wildman–Crippen MR) is 123 cm³/mol. The quantitative estimate of drug-likeness (QED) is 0.377. The third kappa shape index (κ3) is 5.13. The Morgan fingerprint density at radius 2 is 1.81 bits per heavy atom. The van der Waals surface area contributed by atoms with Crippen LogP contribution in [0, 0.1) is 6.92 Å². The molecule has 4 aromatic rings. The summed E-state index contributed by atoms with van der Waals surface area (Å²) in [6.45, 7) is 2.74. The Hall–Kier alpha value is -3.15. The van der Waals surface area contributed by atoms with E-state index in [1.54, 1.807) is 34.1 Å². The monoisotopic (exact) mass is 450 g/mol. The molecule has 0 spiro atoms. The number of carbonyl (C=O) groups excluding carboxylic acids is 1. The van der Waals surface area contributed by atoms with Gasteiger partial charge < -0.3 is 4.90 Å². The smallest absolute Gasteiger partial charge is 0.254 e. The van der Waals surface area contributed by atoms with Gasteiger partial charge in [-0.2, -0.15) is 5.10 Å². The Balaban J connectivity index is 1.60. The van der Waals surface area contributed by atoms with Crippen LogP contribution in [0.15, 0.2) is 79.3 Å². The molecule has 5 nitrogen and oxygen atoms in total. The van der Waals surface area contributed by atoms with Crippen molar-refractivity contribution < 1.29 is 4.79 Å². The zero-order valence-corrected chi connectivity index (χ0v) is 18.4. The van der Waals surface area contributed by atoms with Gasteiger partial charge in [-0.25, -0.2) is 4.68 Å². The van der Waals surface area contributed by atoms with Crippen LogP contribution in [0.25, 0.3) is 5.69 Å². The fourth-order valence-corrected chi connectivity index (χ4v) is 3.56. The molecule has 156 valence electrons. The third-order valence-corrected chi connectivity index (χ3v) is 5.55. The van der Waals surface area contributed by atoms with Crippen LogP contribution >= 0.6 is 23.2 Å². The van der Waals surface area contributed by atoms with Crippen LogP contribution in [-0.4, -0.2) is 25.6 Å². The summed E-state index contributed by atoms with van der Waals surface area (Å²) in [4.78, 5) is 19.5. The second kappa shape index (κ2) is 9.33. The van der Waals surface area contributed by atoms with Gasteiger partial charge in [0, 0.05) is 24.5 Å². The minimum Gasteiger partial charge on any atom is -0.328 e. The summed E-state index contributed by atoms with van der Waals surface area (Å²) in [5.74, 6) is -0.0973. The van der Waals surface area contributed by atoms with E-state index < -0.39 is 0 Å². The van der Waals surface area contributed by atoms with Crippen molar-refractivity contribution in [1.29, 1.82) is 0 Å². The molecule has 0 aliphatic rings. The molecule has 0 saturated heterocycles. The number of carbonyl (C=O) groups is 1. The first-order valence-corrected chi connectivity index (χ1v) is 10.5. The van der Waals surface area contributed by atoms with Crippen LogP contribution in [0.4, 0.5) is 0 Å². The summed E-state index contributed by atoms with van der Waals surface area (Å²) in [7, 11) is 0. The molecule has 0 aliphatic heterocycles. The molecule has 2 heterocycles. The highest BCUT2D eigenvalue weighted by atomic mass is 35.5. The van der Waals surface area contributed by atoms with E-state index in [0.29, 0.717) is 28.7 Å². The maximum Gasteiger partial charge on any atom is 0.254 e. The molecule has 31 heavy (non-hydrogen) atoms. The van der Waals surface area contributed by atoms with Crippen LogP contribution in [0.3, 0.4) is 0 Å². The van der Waals surface area contributed by atoms with Gasteiger partial charge in [-0.3, -0.25) is 9.78 Å². The van der Waals surface area contributed by atoms with Crippen molar-refractivity contribution in [3.63, 3.8) is 0 Å². The fourth-order valence-electron chi connectivity index (χ4n) is 3.24. The molecule has 0 N–H and O–H groups in total. The van der Waals surface area contributed by atoms with Gasteiger partial charge in [0.25, 0.3) is 5.91 Å². The summed E-state index contributed by atoms with van der Waals surface area (Å²) in [5, 5.41) is 5.26. The molecule has 7 heteroatoms. The van der Waals surface area contributed by atoms with E-state index in [1.165, 1.54) is 0 Å². The molecule has 4 rings (SSSR count). The average molecular weight is 451 g/mol. The van der Waals surface area contributed by atoms with E-state index in [4.69, 9.17) is 23.2 Å². The average Bonchev–Trinajstić information content (AvgIpc) is 3.22. The van der Waals surface area contributed by atoms with Gasteiger partial charge in [0.05, 0.1) is 34.2 Å². The maximum absolute atomic E-state index is 13.4. The zero-order chi connectivity index (χ0) is 21.8. The molecule has 0 fully saturated rings. The molecule has 2 aromatic carbocycles. The van der Waals surface area contributed by atoms with Crippen molar-refractivity contribution in [2.45, 2.75) is 20.0 Å². The number of nitrogens with zero attached hydrogens (tertiary/aromatic N) is 4. The molecular formula is C24H20Cl2N4O. The van der Waals surface area contributed by atoms with E-state index in [1.807, 2.05) is 61.7 Å². The van der Waals surface area contributed by atoms with Gasteiger partial charge in [0.15, 0.2) is 0 Å². The second-order valence-corrected chi connectivity index (χ2v) is 8.05. The highest BCUT2D eigenvalue weighted by Crippen LogP contribution is 2.24. The Labute approximate surface area is 190 Å². The third-order valence-electron chi connectivity index (χ3n) is 4.81. The lowest BCUT2D eigenvalue weighted by atomic mass is 10.1. The highest BCUT2D eigenvalue weighted by Gasteiger charge is 2.18. The van der Waals surface area contributed by atoms with Gasteiger partial charge in [-0.15, -0.1) is 0 Å². The van der Waals surface area contributed by atoms with Crippen molar-refractivity contribution in [2.75, 3.05) is 0 Å². The largest absolute Gasteiger partial charge is 0.328 e. The topological polar surface area (TPSA) is 51.0 Å². The minimum atomic E-state index is -0.0973. The number of rotatable bonds is 6. The van der Waals surface area contributed by atoms with E-state index in [-0.39, 0.29) is 5.91 Å². The van der Waals surface area contributed by atoms with Gasteiger partial charge >= 0.3 is 0 Å². The number of amides is 1. The van der Waals surface area contributed by atoms with Crippen molar-refractivity contribution in [1.82, 2.24) is 19.7 Å². The number of benzene rings is 2. The summed E-state index contributed by atoms with van der Waals surface area (Å²) in [6.07, 6.45) is 5.46. The maximum atomic E-state index is 13.4. The summed E-state index contributed by atoms with van der Waals surface area (Å²) < 4.78 is 1.78. The van der Waals surface area contributed by atoms with Crippen LogP contribution < -0.4 is 0 Å². The van der Waals surface area contributed by atoms with Crippen LogP contribution in [0.1, 0.15) is 27.2 Å². The number of pyridine rings is 1. The Kier molecular flexibility index (Phi) is 6.35. The summed E-state index contributed by atoms with van der Waals surface area (Å²) in [6, 6.07) is 18.5. The van der Waals surface area contributed by atoms with Gasteiger partial charge in [0.1, 0.15) is 0 Å². The summed E-state index contributed by atoms with van der Waals surface area (Å²) in [5.41, 5.74) is 4.25. The molecule has 2 aromatic heterocycles.